The first-order chi connectivity index (χ1) is 6.96. The molecule has 15 heavy (non-hydrogen) atoms. The molecule has 1 amide bonds. The molecule has 4 nitrogen and oxygen atoms in total. The summed E-state index contributed by atoms with van der Waals surface area (Å²) in [4.78, 5) is 11.7. The number of nitrogens with zero attached hydrogens (tertiary/aromatic N) is 1. The molecule has 1 N–H and O–H groups in total. The van der Waals surface area contributed by atoms with Crippen LogP contribution in [0.1, 0.15) is 33.6 Å². The van der Waals surface area contributed by atoms with Gasteiger partial charge in [0, 0.05) is 7.11 Å². The molecule has 0 saturated heterocycles. The number of carbonyl (C=O) groups is 1. The first-order valence-corrected chi connectivity index (χ1v) is 5.17. The van der Waals surface area contributed by atoms with Gasteiger partial charge in [0.05, 0.1) is 18.2 Å². The summed E-state index contributed by atoms with van der Waals surface area (Å²) >= 11 is 0. The van der Waals surface area contributed by atoms with Crippen molar-refractivity contribution in [3.63, 3.8) is 0 Å². The number of rotatable bonds is 6. The van der Waals surface area contributed by atoms with E-state index in [1.807, 2.05) is 26.8 Å². The number of hydrogen-bond donors (Lipinski definition) is 1. The molecule has 0 bridgehead atoms. The van der Waals surface area contributed by atoms with E-state index >= 15 is 0 Å². The van der Waals surface area contributed by atoms with E-state index in [1.54, 1.807) is 7.11 Å². The molecule has 0 aliphatic heterocycles. The van der Waals surface area contributed by atoms with Gasteiger partial charge >= 0.3 is 0 Å². The molecule has 0 aromatic rings. The minimum Gasteiger partial charge on any atom is -0.382 e. The quantitative estimate of drug-likeness (QED) is 0.725. The van der Waals surface area contributed by atoms with Crippen molar-refractivity contribution < 1.29 is 9.53 Å². The first kappa shape index (κ1) is 13.9. The highest BCUT2D eigenvalue weighted by atomic mass is 16.5. The van der Waals surface area contributed by atoms with Crippen molar-refractivity contribution in [3.8, 4) is 6.07 Å². The van der Waals surface area contributed by atoms with Crippen molar-refractivity contribution in [3.05, 3.63) is 0 Å². The topological polar surface area (TPSA) is 62.1 Å². The van der Waals surface area contributed by atoms with Gasteiger partial charge in [0.1, 0.15) is 5.92 Å². The summed E-state index contributed by atoms with van der Waals surface area (Å²) in [7, 11) is 1.59. The van der Waals surface area contributed by atoms with Crippen molar-refractivity contribution in [2.45, 2.75) is 39.2 Å². The standard InChI is InChI=1S/C11H20N2O2/c1-5-6-9(7-12)10(14)13-11(2,3)8-15-4/h9H,5-6,8H2,1-4H3,(H,13,14). The Hall–Kier alpha value is -1.08. The molecule has 0 saturated carbocycles. The molecule has 0 heterocycles. The number of methoxy groups -OCH3 is 1. The third-order valence-electron chi connectivity index (χ3n) is 2.02. The molecular weight excluding hydrogens is 192 g/mol. The average Bonchev–Trinajstić information content (AvgIpc) is 2.12. The zero-order chi connectivity index (χ0) is 11.9. The number of hydrogen-bond acceptors (Lipinski definition) is 3. The second-order valence-corrected chi connectivity index (χ2v) is 4.28. The molecule has 1 unspecified atom stereocenters. The summed E-state index contributed by atoms with van der Waals surface area (Å²) in [6.45, 7) is 6.13. The number of nitriles is 1. The van der Waals surface area contributed by atoms with Gasteiger partial charge in [-0.3, -0.25) is 4.79 Å². The van der Waals surface area contributed by atoms with Crippen molar-refractivity contribution in [1.82, 2.24) is 5.32 Å². The smallest absolute Gasteiger partial charge is 0.237 e. The lowest BCUT2D eigenvalue weighted by molar-refractivity contribution is -0.125. The maximum Gasteiger partial charge on any atom is 0.237 e. The van der Waals surface area contributed by atoms with Crippen LogP contribution in [-0.4, -0.2) is 25.2 Å². The SMILES string of the molecule is CCCC(C#N)C(=O)NC(C)(C)COC. The van der Waals surface area contributed by atoms with Crippen molar-refractivity contribution in [2.24, 2.45) is 5.92 Å². The summed E-state index contributed by atoms with van der Waals surface area (Å²) in [5.74, 6) is -0.757. The maximum absolute atomic E-state index is 11.7. The highest BCUT2D eigenvalue weighted by Crippen LogP contribution is 2.09. The fourth-order valence-corrected chi connectivity index (χ4v) is 1.36. The van der Waals surface area contributed by atoms with Crippen LogP contribution in [0, 0.1) is 17.2 Å². The van der Waals surface area contributed by atoms with Gasteiger partial charge in [-0.2, -0.15) is 5.26 Å². The van der Waals surface area contributed by atoms with Crippen LogP contribution in [0.25, 0.3) is 0 Å². The van der Waals surface area contributed by atoms with Crippen molar-refractivity contribution in [2.75, 3.05) is 13.7 Å². The van der Waals surface area contributed by atoms with Gasteiger partial charge in [0.25, 0.3) is 0 Å². The summed E-state index contributed by atoms with van der Waals surface area (Å²) in [5, 5.41) is 11.6. The highest BCUT2D eigenvalue weighted by molar-refractivity contribution is 5.81. The van der Waals surface area contributed by atoms with Gasteiger partial charge < -0.3 is 10.1 Å². The second kappa shape index (κ2) is 6.41. The highest BCUT2D eigenvalue weighted by Gasteiger charge is 2.25. The van der Waals surface area contributed by atoms with Crippen LogP contribution in [0.2, 0.25) is 0 Å². The third-order valence-corrected chi connectivity index (χ3v) is 2.02. The monoisotopic (exact) mass is 212 g/mol. The molecule has 0 spiro atoms. The summed E-state index contributed by atoms with van der Waals surface area (Å²) in [6, 6.07) is 2.01. The maximum atomic E-state index is 11.7. The van der Waals surface area contributed by atoms with E-state index in [-0.39, 0.29) is 5.91 Å². The molecular formula is C11H20N2O2. The Morgan fingerprint density at radius 3 is 2.60 bits per heavy atom. The molecule has 0 fully saturated rings. The number of ether oxygens (including phenoxy) is 1. The largest absolute Gasteiger partial charge is 0.382 e. The van der Waals surface area contributed by atoms with Gasteiger partial charge in [-0.15, -0.1) is 0 Å². The van der Waals surface area contributed by atoms with Crippen LogP contribution in [0.15, 0.2) is 0 Å². The predicted octanol–water partition coefficient (Wildman–Crippen LogP) is 1.47. The second-order valence-electron chi connectivity index (χ2n) is 4.28. The third kappa shape index (κ3) is 5.38. The van der Waals surface area contributed by atoms with Gasteiger partial charge in [-0.1, -0.05) is 13.3 Å². The molecule has 86 valence electrons. The van der Waals surface area contributed by atoms with Crippen molar-refractivity contribution >= 4 is 5.91 Å². The Kier molecular flexibility index (Phi) is 5.95. The molecule has 0 radical (unpaired) electrons. The Morgan fingerprint density at radius 2 is 2.20 bits per heavy atom. The number of carbonyl (C=O) groups excluding carboxylic acids is 1. The van der Waals surface area contributed by atoms with Crippen LogP contribution in [0.3, 0.4) is 0 Å². The Morgan fingerprint density at radius 1 is 1.60 bits per heavy atom. The van der Waals surface area contributed by atoms with Crippen LogP contribution < -0.4 is 5.32 Å². The zero-order valence-electron chi connectivity index (χ0n) is 9.96. The molecule has 0 aromatic carbocycles. The Balaban J connectivity index is 4.28. The molecule has 1 atom stereocenters. The van der Waals surface area contributed by atoms with E-state index in [0.29, 0.717) is 13.0 Å². The summed E-state index contributed by atoms with van der Waals surface area (Å²) in [6.07, 6.45) is 1.43. The van der Waals surface area contributed by atoms with Crippen LogP contribution in [-0.2, 0) is 9.53 Å². The van der Waals surface area contributed by atoms with Gasteiger partial charge in [-0.05, 0) is 20.3 Å². The van der Waals surface area contributed by atoms with Crippen LogP contribution in [0.4, 0.5) is 0 Å². The van der Waals surface area contributed by atoms with E-state index in [9.17, 15) is 4.79 Å². The zero-order valence-corrected chi connectivity index (χ0v) is 9.96. The lowest BCUT2D eigenvalue weighted by atomic mass is 10.0. The van der Waals surface area contributed by atoms with Gasteiger partial charge in [-0.25, -0.2) is 0 Å². The minimum absolute atomic E-state index is 0.207. The minimum atomic E-state index is -0.550. The summed E-state index contributed by atoms with van der Waals surface area (Å²) < 4.78 is 4.98. The molecule has 0 aromatic heterocycles. The lowest BCUT2D eigenvalue weighted by Gasteiger charge is -2.26. The van der Waals surface area contributed by atoms with E-state index in [1.165, 1.54) is 0 Å². The molecule has 0 rings (SSSR count). The number of nitrogens with one attached hydrogen (secondary N) is 1. The normalized spacial score (nSPS) is 13.0. The Bertz CT molecular complexity index is 243. The van der Waals surface area contributed by atoms with Crippen molar-refractivity contribution in [1.29, 1.82) is 5.26 Å². The fraction of sp³-hybridized carbons (Fsp3) is 0.818. The average molecular weight is 212 g/mol. The van der Waals surface area contributed by atoms with E-state index < -0.39 is 11.5 Å². The van der Waals surface area contributed by atoms with Gasteiger partial charge in [0.15, 0.2) is 0 Å². The van der Waals surface area contributed by atoms with Gasteiger partial charge in [0.2, 0.25) is 5.91 Å². The molecule has 0 aliphatic carbocycles. The molecule has 0 aliphatic rings. The van der Waals surface area contributed by atoms with E-state index in [4.69, 9.17) is 10.00 Å². The predicted molar refractivity (Wildman–Crippen MR) is 58.1 cm³/mol. The van der Waals surface area contributed by atoms with E-state index in [2.05, 4.69) is 5.32 Å². The lowest BCUT2D eigenvalue weighted by Crippen LogP contribution is -2.48. The fourth-order valence-electron chi connectivity index (χ4n) is 1.36. The number of amides is 1. The molecule has 4 heteroatoms. The van der Waals surface area contributed by atoms with E-state index in [0.717, 1.165) is 6.42 Å². The first-order valence-electron chi connectivity index (χ1n) is 5.17. The summed E-state index contributed by atoms with van der Waals surface area (Å²) in [5.41, 5.74) is -0.422. The van der Waals surface area contributed by atoms with Crippen LogP contribution >= 0.6 is 0 Å². The Labute approximate surface area is 91.6 Å². The van der Waals surface area contributed by atoms with Crippen LogP contribution in [0.5, 0.6) is 0 Å².